The van der Waals surface area contributed by atoms with Crippen LogP contribution in [0.5, 0.6) is 11.5 Å². The van der Waals surface area contributed by atoms with Crippen LogP contribution < -0.4 is 10.1 Å². The van der Waals surface area contributed by atoms with Crippen molar-refractivity contribution in [2.75, 3.05) is 5.32 Å². The van der Waals surface area contributed by atoms with Gasteiger partial charge in [-0.2, -0.15) is 0 Å². The number of hydrogen-bond donors (Lipinski definition) is 1. The van der Waals surface area contributed by atoms with E-state index in [0.29, 0.717) is 16.5 Å². The summed E-state index contributed by atoms with van der Waals surface area (Å²) in [5, 5.41) is 4.93. The van der Waals surface area contributed by atoms with Gasteiger partial charge < -0.3 is 10.1 Å². The highest BCUT2D eigenvalue weighted by molar-refractivity contribution is 6.30. The van der Waals surface area contributed by atoms with Gasteiger partial charge in [-0.15, -0.1) is 0 Å². The Labute approximate surface area is 155 Å². The Morgan fingerprint density at radius 2 is 1.58 bits per heavy atom. The summed E-state index contributed by atoms with van der Waals surface area (Å²) in [5.41, 5.74) is 2.51. The molecule has 0 radical (unpaired) electrons. The van der Waals surface area contributed by atoms with Crippen molar-refractivity contribution in [3.8, 4) is 11.5 Å². The van der Waals surface area contributed by atoms with Crippen molar-refractivity contribution in [2.45, 2.75) is 6.92 Å². The molecule has 2 aromatic heterocycles. The zero-order chi connectivity index (χ0) is 17.9. The number of hydrogen-bond acceptors (Lipinski definition) is 5. The Balaban J connectivity index is 1.53. The maximum atomic E-state index is 5.89. The second kappa shape index (κ2) is 6.98. The fraction of sp³-hybridized carbons (Fsp3) is 0.0500. The van der Waals surface area contributed by atoms with Crippen LogP contribution in [0.4, 0.5) is 11.4 Å². The van der Waals surface area contributed by atoms with E-state index in [1.165, 1.54) is 0 Å². The van der Waals surface area contributed by atoms with Gasteiger partial charge >= 0.3 is 0 Å². The third-order valence-electron chi connectivity index (χ3n) is 3.80. The first-order chi connectivity index (χ1) is 12.7. The van der Waals surface area contributed by atoms with Crippen LogP contribution in [0, 0.1) is 6.92 Å². The topological polar surface area (TPSA) is 59.9 Å². The number of aromatic nitrogens is 3. The highest BCUT2D eigenvalue weighted by atomic mass is 35.5. The van der Waals surface area contributed by atoms with Crippen LogP contribution in [-0.4, -0.2) is 15.0 Å². The first-order valence-electron chi connectivity index (χ1n) is 8.06. The minimum Gasteiger partial charge on any atom is -0.457 e. The van der Waals surface area contributed by atoms with Crippen molar-refractivity contribution in [1.29, 1.82) is 0 Å². The Morgan fingerprint density at radius 3 is 2.31 bits per heavy atom. The molecule has 4 aromatic rings. The molecule has 0 saturated heterocycles. The molecule has 0 bridgehead atoms. The average molecular weight is 363 g/mol. The molecule has 26 heavy (non-hydrogen) atoms. The highest BCUT2D eigenvalue weighted by Crippen LogP contribution is 2.27. The number of ether oxygens (including phenoxy) is 1. The van der Waals surface area contributed by atoms with Crippen LogP contribution in [-0.2, 0) is 0 Å². The number of pyridine rings is 1. The summed E-state index contributed by atoms with van der Waals surface area (Å²) in [5.74, 6) is 2.19. The molecule has 0 saturated carbocycles. The van der Waals surface area contributed by atoms with E-state index in [1.54, 1.807) is 24.5 Å². The molecule has 0 atom stereocenters. The lowest BCUT2D eigenvalue weighted by Gasteiger charge is -2.10. The zero-order valence-corrected chi connectivity index (χ0v) is 14.7. The average Bonchev–Trinajstić information content (AvgIpc) is 2.65. The number of rotatable bonds is 4. The van der Waals surface area contributed by atoms with E-state index in [2.05, 4.69) is 20.3 Å². The highest BCUT2D eigenvalue weighted by Gasteiger charge is 2.05. The van der Waals surface area contributed by atoms with Crippen molar-refractivity contribution in [3.63, 3.8) is 0 Å². The summed E-state index contributed by atoms with van der Waals surface area (Å²) in [6.45, 7) is 1.85. The SMILES string of the molecule is Cc1ncc2c(Nc3ccc(Oc4ccc(Cl)cc4)cc3)ccnc2n1. The van der Waals surface area contributed by atoms with E-state index in [9.17, 15) is 0 Å². The lowest BCUT2D eigenvalue weighted by Crippen LogP contribution is -1.96. The van der Waals surface area contributed by atoms with E-state index < -0.39 is 0 Å². The maximum Gasteiger partial charge on any atom is 0.164 e. The molecular formula is C20H15ClN4O. The molecule has 0 spiro atoms. The molecule has 1 N–H and O–H groups in total. The quantitative estimate of drug-likeness (QED) is 0.517. The maximum absolute atomic E-state index is 5.89. The smallest absolute Gasteiger partial charge is 0.164 e. The fourth-order valence-electron chi connectivity index (χ4n) is 2.53. The van der Waals surface area contributed by atoms with Crippen LogP contribution in [0.3, 0.4) is 0 Å². The number of nitrogens with one attached hydrogen (secondary N) is 1. The second-order valence-electron chi connectivity index (χ2n) is 5.72. The summed E-state index contributed by atoms with van der Waals surface area (Å²) < 4.78 is 5.81. The van der Waals surface area contributed by atoms with Gasteiger partial charge in [0.25, 0.3) is 0 Å². The molecule has 0 aliphatic rings. The summed E-state index contributed by atoms with van der Waals surface area (Å²) in [6.07, 6.45) is 3.51. The van der Waals surface area contributed by atoms with E-state index in [-0.39, 0.29) is 0 Å². The predicted octanol–water partition coefficient (Wildman–Crippen LogP) is 5.52. The van der Waals surface area contributed by atoms with Gasteiger partial charge in [0.2, 0.25) is 0 Å². The zero-order valence-electron chi connectivity index (χ0n) is 14.0. The van der Waals surface area contributed by atoms with Crippen LogP contribution in [0.1, 0.15) is 5.82 Å². The van der Waals surface area contributed by atoms with Crippen LogP contribution in [0.15, 0.2) is 67.0 Å². The van der Waals surface area contributed by atoms with E-state index >= 15 is 0 Å². The molecule has 4 rings (SSSR count). The molecule has 0 amide bonds. The van der Waals surface area contributed by atoms with Gasteiger partial charge in [-0.3, -0.25) is 0 Å². The van der Waals surface area contributed by atoms with Gasteiger partial charge in [-0.1, -0.05) is 11.6 Å². The summed E-state index contributed by atoms with van der Waals surface area (Å²) in [6, 6.07) is 16.9. The molecule has 2 aromatic carbocycles. The van der Waals surface area contributed by atoms with Gasteiger partial charge in [0.15, 0.2) is 5.65 Å². The summed E-state index contributed by atoms with van der Waals surface area (Å²) in [4.78, 5) is 12.9. The number of fused-ring (bicyclic) bond motifs is 1. The van der Waals surface area contributed by atoms with Crippen molar-refractivity contribution in [2.24, 2.45) is 0 Å². The minimum atomic E-state index is 0.671. The third kappa shape index (κ3) is 3.58. The van der Waals surface area contributed by atoms with Gasteiger partial charge in [0.05, 0.1) is 11.1 Å². The van der Waals surface area contributed by atoms with Gasteiger partial charge in [-0.05, 0) is 61.5 Å². The number of halogens is 1. The van der Waals surface area contributed by atoms with E-state index in [4.69, 9.17) is 16.3 Å². The fourth-order valence-corrected chi connectivity index (χ4v) is 2.65. The lowest BCUT2D eigenvalue weighted by atomic mass is 10.2. The van der Waals surface area contributed by atoms with E-state index in [0.717, 1.165) is 28.3 Å². The van der Waals surface area contributed by atoms with Crippen molar-refractivity contribution in [1.82, 2.24) is 15.0 Å². The number of nitrogens with zero attached hydrogens (tertiary/aromatic N) is 3. The Hall–Kier alpha value is -3.18. The summed E-state index contributed by atoms with van der Waals surface area (Å²) in [7, 11) is 0. The van der Waals surface area contributed by atoms with E-state index in [1.807, 2.05) is 49.4 Å². The Kier molecular flexibility index (Phi) is 4.37. The first kappa shape index (κ1) is 16.3. The monoisotopic (exact) mass is 362 g/mol. The second-order valence-corrected chi connectivity index (χ2v) is 6.15. The third-order valence-corrected chi connectivity index (χ3v) is 4.05. The molecule has 0 aliphatic carbocycles. The molecule has 0 unspecified atom stereocenters. The van der Waals surface area contributed by atoms with Crippen LogP contribution in [0.25, 0.3) is 11.0 Å². The van der Waals surface area contributed by atoms with Gasteiger partial charge in [0, 0.05) is 23.1 Å². The number of benzene rings is 2. The van der Waals surface area contributed by atoms with Crippen molar-refractivity contribution >= 4 is 34.0 Å². The molecule has 128 valence electrons. The predicted molar refractivity (Wildman–Crippen MR) is 103 cm³/mol. The van der Waals surface area contributed by atoms with Crippen LogP contribution >= 0.6 is 11.6 Å². The van der Waals surface area contributed by atoms with Gasteiger partial charge in [-0.25, -0.2) is 15.0 Å². The van der Waals surface area contributed by atoms with Crippen molar-refractivity contribution in [3.05, 3.63) is 77.8 Å². The van der Waals surface area contributed by atoms with Crippen LogP contribution in [0.2, 0.25) is 5.02 Å². The molecule has 0 fully saturated rings. The minimum absolute atomic E-state index is 0.671. The normalized spacial score (nSPS) is 10.7. The number of anilines is 2. The van der Waals surface area contributed by atoms with Crippen molar-refractivity contribution < 1.29 is 4.74 Å². The molecule has 0 aliphatic heterocycles. The molecule has 5 nitrogen and oxygen atoms in total. The molecule has 2 heterocycles. The standard InChI is InChI=1S/C20H15ClN4O/c1-13-23-12-18-19(10-11-22-20(18)24-13)25-15-4-8-17(9-5-15)26-16-6-2-14(21)3-7-16/h2-12H,1H3,(H,22,23,24,25). The molecule has 6 heteroatoms. The first-order valence-corrected chi connectivity index (χ1v) is 8.44. The Bertz CT molecular complexity index is 1050. The largest absolute Gasteiger partial charge is 0.457 e. The number of aryl methyl sites for hydroxylation is 1. The summed E-state index contributed by atoms with van der Waals surface area (Å²) >= 11 is 5.89. The van der Waals surface area contributed by atoms with Gasteiger partial charge in [0.1, 0.15) is 17.3 Å². The molecular weight excluding hydrogens is 348 g/mol. The Morgan fingerprint density at radius 1 is 0.885 bits per heavy atom. The lowest BCUT2D eigenvalue weighted by molar-refractivity contribution is 0.483.